The van der Waals surface area contributed by atoms with E-state index in [0.29, 0.717) is 0 Å². The molecule has 1 aromatic rings. The highest BCUT2D eigenvalue weighted by atomic mass is 16.3. The zero-order valence-electron chi connectivity index (χ0n) is 6.14. The fourth-order valence-corrected chi connectivity index (χ4v) is 1.29. The molecule has 0 radical (unpaired) electrons. The Balaban J connectivity index is 2.20. The summed E-state index contributed by atoms with van der Waals surface area (Å²) in [5, 5.41) is 20.5. The molecule has 0 spiro atoms. The van der Waals surface area contributed by atoms with Crippen molar-refractivity contribution in [3.8, 4) is 0 Å². The van der Waals surface area contributed by atoms with Gasteiger partial charge in [0.05, 0.1) is 6.10 Å². The molecule has 5 nitrogen and oxygen atoms in total. The largest absolute Gasteiger partial charge is 0.393 e. The Kier molecular flexibility index (Phi) is 1.58. The van der Waals surface area contributed by atoms with Gasteiger partial charge >= 0.3 is 0 Å². The molecule has 60 valence electrons. The summed E-state index contributed by atoms with van der Waals surface area (Å²) >= 11 is 0. The maximum absolute atomic E-state index is 9.29. The molecule has 1 N–H and O–H groups in total. The van der Waals surface area contributed by atoms with Crippen LogP contribution in [0, 0.1) is 0 Å². The first-order valence-corrected chi connectivity index (χ1v) is 3.79. The first-order chi connectivity index (χ1) is 5.36. The van der Waals surface area contributed by atoms with E-state index in [-0.39, 0.29) is 6.10 Å². The van der Waals surface area contributed by atoms with Crippen molar-refractivity contribution >= 4 is 0 Å². The van der Waals surface area contributed by atoms with Gasteiger partial charge in [-0.3, -0.25) is 0 Å². The van der Waals surface area contributed by atoms with Gasteiger partial charge < -0.3 is 5.11 Å². The fourth-order valence-electron chi connectivity index (χ4n) is 1.29. The molecule has 0 amide bonds. The molecule has 1 unspecified atom stereocenters. The van der Waals surface area contributed by atoms with E-state index >= 15 is 0 Å². The Hall–Kier alpha value is -0.970. The van der Waals surface area contributed by atoms with Crippen molar-refractivity contribution in [3.63, 3.8) is 0 Å². The van der Waals surface area contributed by atoms with Crippen molar-refractivity contribution in [2.24, 2.45) is 0 Å². The predicted molar refractivity (Wildman–Crippen MR) is 36.8 cm³/mol. The zero-order valence-corrected chi connectivity index (χ0v) is 6.14. The number of aliphatic hydroxyl groups excluding tert-OH is 1. The van der Waals surface area contributed by atoms with Crippen molar-refractivity contribution in [2.75, 3.05) is 0 Å². The Labute approximate surface area is 64.0 Å². The van der Waals surface area contributed by atoms with Gasteiger partial charge in [-0.15, -0.1) is 5.10 Å². The molecule has 1 aliphatic heterocycles. The van der Waals surface area contributed by atoms with Gasteiger partial charge in [0, 0.05) is 13.0 Å². The quantitative estimate of drug-likeness (QED) is 0.540. The maximum atomic E-state index is 9.29. The lowest BCUT2D eigenvalue weighted by Crippen LogP contribution is -2.07. The van der Waals surface area contributed by atoms with Gasteiger partial charge in [0.15, 0.2) is 5.82 Å². The van der Waals surface area contributed by atoms with Gasteiger partial charge in [-0.05, 0) is 23.3 Å². The maximum Gasteiger partial charge on any atom is 0.151 e. The Morgan fingerprint density at radius 1 is 1.45 bits per heavy atom. The monoisotopic (exact) mass is 154 g/mol. The highest BCUT2D eigenvalue weighted by Gasteiger charge is 2.15. The second-order valence-electron chi connectivity index (χ2n) is 2.80. The van der Waals surface area contributed by atoms with E-state index in [1.165, 1.54) is 0 Å². The minimum atomic E-state index is -0.196. The molecule has 2 heterocycles. The number of nitrogens with zero attached hydrogens (tertiary/aromatic N) is 4. The number of tetrazole rings is 1. The van der Waals surface area contributed by atoms with Crippen molar-refractivity contribution < 1.29 is 5.11 Å². The van der Waals surface area contributed by atoms with Crippen molar-refractivity contribution in [3.05, 3.63) is 5.82 Å². The summed E-state index contributed by atoms with van der Waals surface area (Å²) in [7, 11) is 0. The Bertz CT molecular complexity index is 224. The Morgan fingerprint density at radius 3 is 3.27 bits per heavy atom. The van der Waals surface area contributed by atoms with Crippen LogP contribution in [-0.2, 0) is 13.0 Å². The number of aryl methyl sites for hydroxylation is 2. The van der Waals surface area contributed by atoms with Crippen LogP contribution in [0.2, 0.25) is 0 Å². The molecule has 1 aromatic heterocycles. The van der Waals surface area contributed by atoms with Crippen LogP contribution < -0.4 is 0 Å². The number of hydrogen-bond acceptors (Lipinski definition) is 4. The summed E-state index contributed by atoms with van der Waals surface area (Å²) in [4.78, 5) is 0. The predicted octanol–water partition coefficient (Wildman–Crippen LogP) is -0.630. The van der Waals surface area contributed by atoms with E-state index in [2.05, 4.69) is 15.5 Å². The first-order valence-electron chi connectivity index (χ1n) is 3.79. The number of aliphatic hydroxyl groups is 1. The summed E-state index contributed by atoms with van der Waals surface area (Å²) in [5.41, 5.74) is 0. The number of aromatic nitrogens is 4. The van der Waals surface area contributed by atoms with Crippen molar-refractivity contribution in [1.82, 2.24) is 20.2 Å². The minimum absolute atomic E-state index is 0.196. The van der Waals surface area contributed by atoms with Crippen LogP contribution in [-0.4, -0.2) is 31.4 Å². The molecule has 2 rings (SSSR count). The summed E-state index contributed by atoms with van der Waals surface area (Å²) < 4.78 is 1.76. The van der Waals surface area contributed by atoms with E-state index in [4.69, 9.17) is 0 Å². The van der Waals surface area contributed by atoms with Gasteiger partial charge in [0.1, 0.15) is 0 Å². The molecule has 0 bridgehead atoms. The van der Waals surface area contributed by atoms with Gasteiger partial charge in [0.2, 0.25) is 0 Å². The van der Waals surface area contributed by atoms with E-state index < -0.39 is 0 Å². The first kappa shape index (κ1) is 6.72. The number of fused-ring (bicyclic) bond motifs is 1. The molecule has 0 saturated carbocycles. The average Bonchev–Trinajstić information content (AvgIpc) is 2.38. The summed E-state index contributed by atoms with van der Waals surface area (Å²) in [6, 6.07) is 0. The van der Waals surface area contributed by atoms with Gasteiger partial charge in [-0.2, -0.15) is 0 Å². The summed E-state index contributed by atoms with van der Waals surface area (Å²) in [5.74, 6) is 0.890. The van der Waals surface area contributed by atoms with E-state index in [9.17, 15) is 5.11 Å². The summed E-state index contributed by atoms with van der Waals surface area (Å²) in [6.45, 7) is 0.740. The van der Waals surface area contributed by atoms with E-state index in [1.807, 2.05) is 0 Å². The van der Waals surface area contributed by atoms with Crippen LogP contribution in [0.3, 0.4) is 0 Å². The lowest BCUT2D eigenvalue weighted by atomic mass is 10.2. The van der Waals surface area contributed by atoms with Gasteiger partial charge in [-0.25, -0.2) is 4.68 Å². The van der Waals surface area contributed by atoms with Crippen molar-refractivity contribution in [1.29, 1.82) is 0 Å². The minimum Gasteiger partial charge on any atom is -0.393 e. The third kappa shape index (κ3) is 1.23. The number of hydrogen-bond donors (Lipinski definition) is 1. The molecule has 0 aliphatic carbocycles. The standard InChI is InChI=1S/C6H10N4O/c11-5-1-2-6-7-8-9-10(6)4-3-5/h5,11H,1-4H2. The lowest BCUT2D eigenvalue weighted by Gasteiger charge is -2.02. The normalized spacial score (nSPS) is 24.3. The highest BCUT2D eigenvalue weighted by molar-refractivity contribution is 4.84. The smallest absolute Gasteiger partial charge is 0.151 e. The fraction of sp³-hybridized carbons (Fsp3) is 0.833. The van der Waals surface area contributed by atoms with Crippen LogP contribution in [0.4, 0.5) is 0 Å². The highest BCUT2D eigenvalue weighted by Crippen LogP contribution is 2.10. The zero-order chi connectivity index (χ0) is 7.68. The average molecular weight is 154 g/mol. The van der Waals surface area contributed by atoms with E-state index in [0.717, 1.165) is 31.6 Å². The van der Waals surface area contributed by atoms with Crippen LogP contribution in [0.25, 0.3) is 0 Å². The molecule has 11 heavy (non-hydrogen) atoms. The van der Waals surface area contributed by atoms with Crippen LogP contribution in [0.15, 0.2) is 0 Å². The molecular weight excluding hydrogens is 144 g/mol. The Morgan fingerprint density at radius 2 is 2.36 bits per heavy atom. The molecule has 5 heteroatoms. The SMILES string of the molecule is OC1CCc2nnnn2CC1. The van der Waals surface area contributed by atoms with Crippen LogP contribution in [0.5, 0.6) is 0 Å². The molecular formula is C6H10N4O. The lowest BCUT2D eigenvalue weighted by molar-refractivity contribution is 0.154. The number of rotatable bonds is 0. The van der Waals surface area contributed by atoms with Crippen molar-refractivity contribution in [2.45, 2.75) is 31.9 Å². The molecule has 0 aromatic carbocycles. The van der Waals surface area contributed by atoms with Crippen LogP contribution in [0.1, 0.15) is 18.7 Å². The van der Waals surface area contributed by atoms with Gasteiger partial charge in [0.25, 0.3) is 0 Å². The third-order valence-electron chi connectivity index (χ3n) is 1.98. The topological polar surface area (TPSA) is 63.8 Å². The summed E-state index contributed by atoms with van der Waals surface area (Å²) in [6.07, 6.45) is 2.13. The molecule has 0 saturated heterocycles. The molecule has 1 aliphatic rings. The second-order valence-corrected chi connectivity index (χ2v) is 2.80. The van der Waals surface area contributed by atoms with Gasteiger partial charge in [-0.1, -0.05) is 0 Å². The molecule has 1 atom stereocenters. The molecule has 0 fully saturated rings. The third-order valence-corrected chi connectivity index (χ3v) is 1.98. The van der Waals surface area contributed by atoms with E-state index in [1.54, 1.807) is 4.68 Å². The van der Waals surface area contributed by atoms with Crippen LogP contribution >= 0.6 is 0 Å². The second kappa shape index (κ2) is 2.58.